The van der Waals surface area contributed by atoms with Gasteiger partial charge in [0, 0.05) is 6.42 Å². The summed E-state index contributed by atoms with van der Waals surface area (Å²) in [7, 11) is 0. The van der Waals surface area contributed by atoms with Crippen molar-refractivity contribution in [3.05, 3.63) is 18.9 Å². The summed E-state index contributed by atoms with van der Waals surface area (Å²) in [4.78, 5) is 8.59. The molecule has 1 heterocycles. The molecule has 6 heavy (non-hydrogen) atoms. The van der Waals surface area contributed by atoms with Crippen molar-refractivity contribution in [2.24, 2.45) is 0 Å². The molecule has 0 amide bonds. The Morgan fingerprint density at radius 2 is 2.33 bits per heavy atom. The Hall–Kier alpha value is -0.340. The van der Waals surface area contributed by atoms with Crippen LogP contribution in [0.3, 0.4) is 0 Å². The summed E-state index contributed by atoms with van der Waals surface area (Å²) >= 11 is 0. The minimum atomic E-state index is 0.671. The van der Waals surface area contributed by atoms with Crippen molar-refractivity contribution in [2.75, 3.05) is 0 Å². The fourth-order valence-electron chi connectivity index (χ4n) is 0.215. The first-order chi connectivity index (χ1) is 2.93. The molecule has 0 aromatic heterocycles. The average Bonchev–Trinajstić information content (AvgIpc) is 2.21. The van der Waals surface area contributed by atoms with Crippen molar-refractivity contribution in [3.63, 3.8) is 0 Å². The van der Waals surface area contributed by atoms with Gasteiger partial charge in [-0.15, -0.1) is 6.58 Å². The van der Waals surface area contributed by atoms with Crippen LogP contribution in [0, 0.1) is 6.29 Å². The molecule has 0 aliphatic carbocycles. The van der Waals surface area contributed by atoms with E-state index in [4.69, 9.17) is 0 Å². The van der Waals surface area contributed by atoms with Gasteiger partial charge in [-0.3, -0.25) is 0 Å². The highest BCUT2D eigenvalue weighted by Gasteiger charge is 2.26. The third kappa shape index (κ3) is 0.808. The second-order valence-electron chi connectivity index (χ2n) is 1.03. The molecule has 1 fully saturated rings. The molecule has 1 aliphatic rings. The second kappa shape index (κ2) is 1.41. The second-order valence-corrected chi connectivity index (χ2v) is 1.03. The lowest BCUT2D eigenvalue weighted by Gasteiger charge is -1.65. The molecule has 0 bridgehead atoms. The summed E-state index contributed by atoms with van der Waals surface area (Å²) in [6.07, 6.45) is 3.12. The van der Waals surface area contributed by atoms with Crippen molar-refractivity contribution in [3.8, 4) is 0 Å². The molecule has 2 heteroatoms. The first kappa shape index (κ1) is 3.84. The summed E-state index contributed by atoms with van der Waals surface area (Å²) in [6, 6.07) is 0. The minimum Gasteiger partial charge on any atom is -0.188 e. The van der Waals surface area contributed by atoms with E-state index in [2.05, 4.69) is 16.4 Å². The molecule has 0 N–H and O–H groups in total. The van der Waals surface area contributed by atoms with Crippen LogP contribution in [-0.4, -0.2) is 0 Å². The van der Waals surface area contributed by atoms with Gasteiger partial charge >= 0.3 is 0 Å². The van der Waals surface area contributed by atoms with Gasteiger partial charge in [-0.05, 0) is 0 Å². The third-order valence-electron chi connectivity index (χ3n) is 0.512. The first-order valence-corrected chi connectivity index (χ1v) is 1.74. The predicted octanol–water partition coefficient (Wildman–Crippen LogP) is 1.01. The van der Waals surface area contributed by atoms with Gasteiger partial charge in [0.25, 0.3) is 6.29 Å². The van der Waals surface area contributed by atoms with Crippen molar-refractivity contribution >= 4 is 0 Å². The van der Waals surface area contributed by atoms with Gasteiger partial charge in [-0.25, -0.2) is 0 Å². The largest absolute Gasteiger partial charge is 0.296 e. The zero-order valence-corrected chi connectivity index (χ0v) is 3.31. The van der Waals surface area contributed by atoms with Gasteiger partial charge in [0.15, 0.2) is 0 Å². The molecule has 1 rings (SSSR count). The SMILES string of the molecule is C=CC[C]1OO1. The molecule has 0 spiro atoms. The van der Waals surface area contributed by atoms with Crippen LogP contribution in [0.5, 0.6) is 0 Å². The smallest absolute Gasteiger partial charge is 0.188 e. The highest BCUT2D eigenvalue weighted by atomic mass is 17.4. The van der Waals surface area contributed by atoms with E-state index < -0.39 is 0 Å². The van der Waals surface area contributed by atoms with Crippen molar-refractivity contribution in [2.45, 2.75) is 6.42 Å². The Kier molecular flexibility index (Phi) is 0.900. The number of hydrogen-bond acceptors (Lipinski definition) is 2. The summed E-state index contributed by atoms with van der Waals surface area (Å²) < 4.78 is 0. The van der Waals surface area contributed by atoms with Crippen LogP contribution in [0.15, 0.2) is 12.7 Å². The van der Waals surface area contributed by atoms with Gasteiger partial charge in [0.2, 0.25) is 0 Å². The van der Waals surface area contributed by atoms with Crippen LogP contribution >= 0.6 is 0 Å². The summed E-state index contributed by atoms with van der Waals surface area (Å²) in [5.74, 6) is 0. The van der Waals surface area contributed by atoms with Gasteiger partial charge in [-0.2, -0.15) is 9.78 Å². The molecular formula is C4H5O2. The van der Waals surface area contributed by atoms with Crippen molar-refractivity contribution < 1.29 is 9.78 Å². The van der Waals surface area contributed by atoms with Crippen LogP contribution < -0.4 is 0 Å². The lowest BCUT2D eigenvalue weighted by atomic mass is 10.4. The fourth-order valence-corrected chi connectivity index (χ4v) is 0.215. The van der Waals surface area contributed by atoms with Crippen molar-refractivity contribution in [1.29, 1.82) is 0 Å². The van der Waals surface area contributed by atoms with E-state index in [0.29, 0.717) is 6.29 Å². The Labute approximate surface area is 36.3 Å². The van der Waals surface area contributed by atoms with E-state index in [0.717, 1.165) is 6.42 Å². The van der Waals surface area contributed by atoms with Crippen molar-refractivity contribution in [1.82, 2.24) is 0 Å². The molecule has 2 nitrogen and oxygen atoms in total. The maximum absolute atomic E-state index is 4.29. The van der Waals surface area contributed by atoms with Crippen LogP contribution in [0.1, 0.15) is 6.42 Å². The van der Waals surface area contributed by atoms with E-state index in [1.807, 2.05) is 0 Å². The molecule has 0 unspecified atom stereocenters. The minimum absolute atomic E-state index is 0.671. The standard InChI is InChI=1S/C4H5O2/c1-2-3-4-5-6-4/h2H,1,3H2. The quantitative estimate of drug-likeness (QED) is 0.284. The van der Waals surface area contributed by atoms with Crippen LogP contribution in [0.25, 0.3) is 0 Å². The summed E-state index contributed by atoms with van der Waals surface area (Å²) in [5, 5.41) is 0. The Bertz CT molecular complexity index is 56.6. The molecular weight excluding hydrogens is 80.0 g/mol. The molecule has 33 valence electrons. The molecule has 0 atom stereocenters. The summed E-state index contributed by atoms with van der Waals surface area (Å²) in [6.45, 7) is 3.46. The van der Waals surface area contributed by atoms with E-state index >= 15 is 0 Å². The molecule has 0 aromatic rings. The van der Waals surface area contributed by atoms with Crippen LogP contribution in [0.4, 0.5) is 0 Å². The number of rotatable bonds is 2. The van der Waals surface area contributed by atoms with E-state index in [9.17, 15) is 0 Å². The van der Waals surface area contributed by atoms with Gasteiger partial charge in [0.05, 0.1) is 0 Å². The zero-order chi connectivity index (χ0) is 4.41. The highest BCUT2D eigenvalue weighted by molar-refractivity contribution is 4.81. The predicted molar refractivity (Wildman–Crippen MR) is 20.2 cm³/mol. The monoisotopic (exact) mass is 85.0 g/mol. The van der Waals surface area contributed by atoms with E-state index in [1.165, 1.54) is 0 Å². The van der Waals surface area contributed by atoms with Gasteiger partial charge in [-0.1, -0.05) is 6.08 Å². The Balaban J connectivity index is 2.00. The molecule has 0 saturated carbocycles. The summed E-state index contributed by atoms with van der Waals surface area (Å²) in [5.41, 5.74) is 0. The lowest BCUT2D eigenvalue weighted by molar-refractivity contribution is 0.0850. The first-order valence-electron chi connectivity index (χ1n) is 1.74. The fraction of sp³-hybridized carbons (Fsp3) is 0.250. The maximum Gasteiger partial charge on any atom is 0.296 e. The van der Waals surface area contributed by atoms with E-state index in [-0.39, 0.29) is 0 Å². The van der Waals surface area contributed by atoms with E-state index in [1.54, 1.807) is 6.08 Å². The lowest BCUT2D eigenvalue weighted by Crippen LogP contribution is -1.62. The van der Waals surface area contributed by atoms with Crippen LogP contribution in [0.2, 0.25) is 0 Å². The normalized spacial score (nSPS) is 20.7. The average molecular weight is 85.1 g/mol. The maximum atomic E-state index is 4.29. The Morgan fingerprint density at radius 3 is 2.50 bits per heavy atom. The molecule has 1 aliphatic heterocycles. The van der Waals surface area contributed by atoms with Gasteiger partial charge in [0.1, 0.15) is 0 Å². The number of hydrogen-bond donors (Lipinski definition) is 0. The molecule has 0 aromatic carbocycles. The molecule has 1 radical (unpaired) electrons. The topological polar surface area (TPSA) is 25.1 Å². The highest BCUT2D eigenvalue weighted by Crippen LogP contribution is 2.25. The Morgan fingerprint density at radius 1 is 1.67 bits per heavy atom. The van der Waals surface area contributed by atoms with Gasteiger partial charge < -0.3 is 0 Å². The third-order valence-corrected chi connectivity index (χ3v) is 0.512. The molecule has 1 saturated heterocycles. The van der Waals surface area contributed by atoms with Crippen LogP contribution in [-0.2, 0) is 9.78 Å². The zero-order valence-electron chi connectivity index (χ0n) is 3.31.